The van der Waals surface area contributed by atoms with Gasteiger partial charge in [0.1, 0.15) is 5.69 Å². The minimum Gasteiger partial charge on any atom is -0.370 e. The number of hydrogen-bond donors (Lipinski definition) is 4. The molecule has 1 aliphatic carbocycles. The Morgan fingerprint density at radius 3 is 2.38 bits per heavy atom. The fourth-order valence-corrected chi connectivity index (χ4v) is 3.88. The minimum atomic E-state index is -0.357. The van der Waals surface area contributed by atoms with Crippen LogP contribution in [0, 0.1) is 0 Å². The molecule has 7 nitrogen and oxygen atoms in total. The van der Waals surface area contributed by atoms with Crippen LogP contribution in [0.2, 0.25) is 5.02 Å². The number of hydrogen-bond acceptors (Lipinski definition) is 3. The highest BCUT2D eigenvalue weighted by Crippen LogP contribution is 2.23. The lowest BCUT2D eigenvalue weighted by molar-refractivity contribution is -0.121. The Hall–Kier alpha value is -3.32. The predicted molar refractivity (Wildman–Crippen MR) is 126 cm³/mol. The summed E-state index contributed by atoms with van der Waals surface area (Å²) < 4.78 is 0. The maximum absolute atomic E-state index is 12.4. The van der Waals surface area contributed by atoms with E-state index in [4.69, 9.17) is 17.3 Å². The van der Waals surface area contributed by atoms with E-state index in [-0.39, 0.29) is 30.2 Å². The summed E-state index contributed by atoms with van der Waals surface area (Å²) in [5.74, 6) is -0.477. The van der Waals surface area contributed by atoms with Crippen molar-refractivity contribution in [3.8, 4) is 0 Å². The lowest BCUT2D eigenvalue weighted by Gasteiger charge is -2.10. The third-order valence-electron chi connectivity index (χ3n) is 5.32. The molecule has 1 heterocycles. The molecule has 3 amide bonds. The summed E-state index contributed by atoms with van der Waals surface area (Å²) >= 11 is 5.98. The van der Waals surface area contributed by atoms with Gasteiger partial charge in [-0.15, -0.1) is 0 Å². The Morgan fingerprint density at radius 1 is 1.06 bits per heavy atom. The van der Waals surface area contributed by atoms with Gasteiger partial charge in [0, 0.05) is 41.9 Å². The van der Waals surface area contributed by atoms with Gasteiger partial charge in [-0.2, -0.15) is 0 Å². The van der Waals surface area contributed by atoms with Crippen molar-refractivity contribution in [1.29, 1.82) is 0 Å². The fourth-order valence-electron chi connectivity index (χ4n) is 3.70. The van der Waals surface area contributed by atoms with Crippen molar-refractivity contribution in [1.82, 2.24) is 15.6 Å². The second-order valence-electron chi connectivity index (χ2n) is 7.75. The van der Waals surface area contributed by atoms with Crippen molar-refractivity contribution < 1.29 is 14.4 Å². The number of halogens is 1. The number of benzene rings is 2. The summed E-state index contributed by atoms with van der Waals surface area (Å²) in [6.45, 7) is 0. The molecule has 1 aliphatic rings. The number of aromatic amines is 1. The summed E-state index contributed by atoms with van der Waals surface area (Å²) in [5, 5.41) is 7.18. The second-order valence-corrected chi connectivity index (χ2v) is 8.19. The first-order valence-corrected chi connectivity index (χ1v) is 10.9. The van der Waals surface area contributed by atoms with E-state index in [1.807, 2.05) is 36.4 Å². The highest BCUT2D eigenvalue weighted by Gasteiger charge is 2.23. The quantitative estimate of drug-likeness (QED) is 0.458. The third kappa shape index (κ3) is 6.34. The number of aromatic nitrogens is 1. The van der Waals surface area contributed by atoms with Crippen molar-refractivity contribution >= 4 is 40.2 Å². The number of carbonyl (C=O) groups excluding carboxylic acids is 3. The molecule has 0 aliphatic heterocycles. The number of primary amides is 1. The number of nitrogens with one attached hydrogen (secondary N) is 3. The van der Waals surface area contributed by atoms with Crippen molar-refractivity contribution in [3.63, 3.8) is 0 Å². The van der Waals surface area contributed by atoms with E-state index in [2.05, 4.69) is 27.8 Å². The van der Waals surface area contributed by atoms with E-state index in [0.717, 1.165) is 23.7 Å². The Bertz CT molecular complexity index is 1100. The zero-order chi connectivity index (χ0) is 23.1. The average Bonchev–Trinajstić information content (AvgIpc) is 3.36. The number of amides is 3. The zero-order valence-corrected chi connectivity index (χ0v) is 18.7. The van der Waals surface area contributed by atoms with Gasteiger partial charge in [0.2, 0.25) is 11.8 Å². The van der Waals surface area contributed by atoms with Gasteiger partial charge < -0.3 is 21.4 Å². The largest absolute Gasteiger partial charge is 0.370 e. The first-order valence-electron chi connectivity index (χ1n) is 10.5. The topological polar surface area (TPSA) is 117 Å². The first-order chi connectivity index (χ1) is 15.4. The van der Waals surface area contributed by atoms with Crippen molar-refractivity contribution in [2.24, 2.45) is 5.73 Å². The predicted octanol–water partition coefficient (Wildman–Crippen LogP) is 3.11. The Kier molecular flexibility index (Phi) is 7.89. The highest BCUT2D eigenvalue weighted by atomic mass is 35.5. The summed E-state index contributed by atoms with van der Waals surface area (Å²) in [7, 11) is 1.56. The van der Waals surface area contributed by atoms with E-state index in [1.165, 1.54) is 11.1 Å². The molecule has 0 unspecified atom stereocenters. The van der Waals surface area contributed by atoms with Gasteiger partial charge in [-0.3, -0.25) is 14.4 Å². The lowest BCUT2D eigenvalue weighted by atomic mass is 10.1. The van der Waals surface area contributed by atoms with Gasteiger partial charge in [0.25, 0.3) is 5.91 Å². The molecule has 168 valence electrons. The van der Waals surface area contributed by atoms with Gasteiger partial charge in [0.15, 0.2) is 0 Å². The lowest BCUT2D eigenvalue weighted by Crippen LogP contribution is -2.35. The van der Waals surface area contributed by atoms with E-state index in [0.29, 0.717) is 23.6 Å². The van der Waals surface area contributed by atoms with Crippen molar-refractivity contribution in [2.45, 2.75) is 38.1 Å². The van der Waals surface area contributed by atoms with Gasteiger partial charge in [-0.05, 0) is 54.7 Å². The molecule has 1 aromatic heterocycles. The van der Waals surface area contributed by atoms with Crippen LogP contribution < -0.4 is 16.4 Å². The Balaban J connectivity index is 0.000000247. The van der Waals surface area contributed by atoms with E-state index < -0.39 is 0 Å². The first kappa shape index (κ1) is 23.3. The standard InChI is InChI=1S/C18H15ClN2O.C6H12N2O2/c19-14-5-6-16-13(7-14)10-17(21-16)18(22)20-15-8-11-3-1-2-4-12(11)9-15;1-8-6(10)4-2-3-5(7)9/h1-7,10,15,21H,8-9H2,(H,20,22);2-4H2,1H3,(H2,7,9)(H,8,10). The summed E-state index contributed by atoms with van der Waals surface area (Å²) in [6, 6.07) is 15.9. The van der Waals surface area contributed by atoms with Crippen LogP contribution in [0.5, 0.6) is 0 Å². The molecule has 0 spiro atoms. The molecule has 0 fully saturated rings. The molecule has 8 heteroatoms. The number of carbonyl (C=O) groups is 3. The summed E-state index contributed by atoms with van der Waals surface area (Å²) in [5.41, 5.74) is 9.01. The number of rotatable bonds is 6. The maximum atomic E-state index is 12.4. The van der Waals surface area contributed by atoms with Gasteiger partial charge in [0.05, 0.1) is 0 Å². The van der Waals surface area contributed by atoms with Crippen molar-refractivity contribution in [3.05, 3.63) is 70.4 Å². The van der Waals surface area contributed by atoms with Crippen LogP contribution in [0.15, 0.2) is 48.5 Å². The molecular formula is C24H27ClN4O3. The molecule has 4 rings (SSSR count). The molecule has 5 N–H and O–H groups in total. The monoisotopic (exact) mass is 454 g/mol. The second kappa shape index (κ2) is 10.8. The highest BCUT2D eigenvalue weighted by molar-refractivity contribution is 6.31. The molecular weight excluding hydrogens is 428 g/mol. The number of H-pyrrole nitrogens is 1. The smallest absolute Gasteiger partial charge is 0.267 e. The summed E-state index contributed by atoms with van der Waals surface area (Å²) in [4.78, 5) is 36.3. The Morgan fingerprint density at radius 2 is 1.75 bits per heavy atom. The molecule has 0 atom stereocenters. The number of fused-ring (bicyclic) bond motifs is 2. The molecule has 0 bridgehead atoms. The van der Waals surface area contributed by atoms with Crippen LogP contribution in [0.4, 0.5) is 0 Å². The molecule has 0 radical (unpaired) electrons. The average molecular weight is 455 g/mol. The minimum absolute atomic E-state index is 0.0544. The maximum Gasteiger partial charge on any atom is 0.267 e. The van der Waals surface area contributed by atoms with Crippen LogP contribution in [-0.4, -0.2) is 35.8 Å². The molecule has 0 saturated carbocycles. The van der Waals surface area contributed by atoms with E-state index in [9.17, 15) is 14.4 Å². The summed E-state index contributed by atoms with van der Waals surface area (Å²) in [6.07, 6.45) is 2.99. The van der Waals surface area contributed by atoms with Crippen LogP contribution in [0.1, 0.15) is 40.9 Å². The van der Waals surface area contributed by atoms with E-state index in [1.54, 1.807) is 7.05 Å². The van der Waals surface area contributed by atoms with Gasteiger partial charge in [-0.1, -0.05) is 35.9 Å². The molecule has 3 aromatic rings. The SMILES string of the molecule is CNC(=O)CCCC(N)=O.O=C(NC1Cc2ccccc2C1)c1cc2cc(Cl)ccc2[nH]1. The van der Waals surface area contributed by atoms with Crippen LogP contribution in [-0.2, 0) is 22.4 Å². The van der Waals surface area contributed by atoms with Gasteiger partial charge in [-0.25, -0.2) is 0 Å². The van der Waals surface area contributed by atoms with Crippen LogP contribution in [0.25, 0.3) is 10.9 Å². The van der Waals surface area contributed by atoms with E-state index >= 15 is 0 Å². The zero-order valence-electron chi connectivity index (χ0n) is 17.9. The third-order valence-corrected chi connectivity index (χ3v) is 5.55. The molecule has 2 aromatic carbocycles. The van der Waals surface area contributed by atoms with Crippen LogP contribution in [0.3, 0.4) is 0 Å². The molecule has 32 heavy (non-hydrogen) atoms. The fraction of sp³-hybridized carbons (Fsp3) is 0.292. The Labute approximate surface area is 191 Å². The van der Waals surface area contributed by atoms with Crippen molar-refractivity contribution in [2.75, 3.05) is 7.05 Å². The normalized spacial score (nSPS) is 12.6. The molecule has 0 saturated heterocycles. The van der Waals surface area contributed by atoms with Crippen LogP contribution >= 0.6 is 11.6 Å². The van der Waals surface area contributed by atoms with Gasteiger partial charge >= 0.3 is 0 Å². The number of nitrogens with two attached hydrogens (primary N) is 1.